The number of hydrogen-bond acceptors (Lipinski definition) is 2. The molecule has 106 valence electrons. The van der Waals surface area contributed by atoms with Gasteiger partial charge in [0.05, 0.1) is 16.4 Å². The number of nitrogens with one attached hydrogen (secondary N) is 2. The average molecular weight is 280 g/mol. The first-order valence-electron chi connectivity index (χ1n) is 6.81. The number of rotatable bonds is 3. The molecule has 0 amide bonds. The standard InChI is InChI=1S/C17H16N2O2/c1-17(2,12-6-4-3-5-7-12)15(20)11-8-9-13-14(10-11)19-16(21)18-13/h3-10H,1-2H3,(H2,18,19,21). The molecule has 0 fully saturated rings. The lowest BCUT2D eigenvalue weighted by Gasteiger charge is -2.23. The van der Waals surface area contributed by atoms with Crippen molar-refractivity contribution in [3.05, 3.63) is 70.1 Å². The van der Waals surface area contributed by atoms with Crippen molar-refractivity contribution >= 4 is 16.8 Å². The number of H-pyrrole nitrogens is 2. The van der Waals surface area contributed by atoms with E-state index in [1.807, 2.05) is 44.2 Å². The van der Waals surface area contributed by atoms with Gasteiger partial charge in [-0.2, -0.15) is 0 Å². The van der Waals surface area contributed by atoms with Gasteiger partial charge < -0.3 is 9.97 Å². The molecule has 0 spiro atoms. The molecule has 0 unspecified atom stereocenters. The molecule has 4 heteroatoms. The summed E-state index contributed by atoms with van der Waals surface area (Å²) in [6.07, 6.45) is 0. The van der Waals surface area contributed by atoms with Crippen LogP contribution < -0.4 is 5.69 Å². The van der Waals surface area contributed by atoms with Gasteiger partial charge in [0, 0.05) is 5.56 Å². The minimum atomic E-state index is -0.620. The Morgan fingerprint density at radius 3 is 2.33 bits per heavy atom. The second-order valence-corrected chi connectivity index (χ2v) is 5.66. The maximum Gasteiger partial charge on any atom is 0.323 e. The molecule has 3 aromatic rings. The second-order valence-electron chi connectivity index (χ2n) is 5.66. The van der Waals surface area contributed by atoms with Crippen LogP contribution in [0.2, 0.25) is 0 Å². The molecule has 0 radical (unpaired) electrons. The van der Waals surface area contributed by atoms with Crippen molar-refractivity contribution in [1.29, 1.82) is 0 Å². The molecule has 2 aromatic carbocycles. The van der Waals surface area contributed by atoms with E-state index in [-0.39, 0.29) is 11.5 Å². The summed E-state index contributed by atoms with van der Waals surface area (Å²) in [6, 6.07) is 14.9. The summed E-state index contributed by atoms with van der Waals surface area (Å²) in [6.45, 7) is 3.82. The number of carbonyl (C=O) groups is 1. The van der Waals surface area contributed by atoms with Crippen molar-refractivity contribution in [2.75, 3.05) is 0 Å². The highest BCUT2D eigenvalue weighted by Gasteiger charge is 2.30. The lowest BCUT2D eigenvalue weighted by atomic mass is 9.78. The highest BCUT2D eigenvalue weighted by molar-refractivity contribution is 6.05. The largest absolute Gasteiger partial charge is 0.323 e. The molecule has 1 heterocycles. The number of aromatic nitrogens is 2. The van der Waals surface area contributed by atoms with Gasteiger partial charge in [0.15, 0.2) is 5.78 Å². The van der Waals surface area contributed by atoms with Gasteiger partial charge >= 0.3 is 5.69 Å². The van der Waals surface area contributed by atoms with Gasteiger partial charge in [-0.3, -0.25) is 4.79 Å². The Morgan fingerprint density at radius 1 is 0.952 bits per heavy atom. The predicted octanol–water partition coefficient (Wildman–Crippen LogP) is 3.02. The van der Waals surface area contributed by atoms with Gasteiger partial charge in [-0.05, 0) is 37.6 Å². The Balaban J connectivity index is 2.05. The number of fused-ring (bicyclic) bond motifs is 1. The van der Waals surface area contributed by atoms with E-state index in [4.69, 9.17) is 0 Å². The molecule has 0 aliphatic carbocycles. The van der Waals surface area contributed by atoms with E-state index in [1.165, 1.54) is 0 Å². The maximum absolute atomic E-state index is 12.8. The summed E-state index contributed by atoms with van der Waals surface area (Å²) < 4.78 is 0. The van der Waals surface area contributed by atoms with Gasteiger partial charge in [-0.15, -0.1) is 0 Å². The summed E-state index contributed by atoms with van der Waals surface area (Å²) >= 11 is 0. The molecule has 0 aliphatic heterocycles. The van der Waals surface area contributed by atoms with E-state index < -0.39 is 5.41 Å². The third kappa shape index (κ3) is 2.29. The van der Waals surface area contributed by atoms with E-state index in [2.05, 4.69) is 9.97 Å². The van der Waals surface area contributed by atoms with Crippen LogP contribution in [0, 0.1) is 0 Å². The molecule has 4 nitrogen and oxygen atoms in total. The van der Waals surface area contributed by atoms with Crippen LogP contribution in [0.1, 0.15) is 29.8 Å². The fourth-order valence-electron chi connectivity index (χ4n) is 2.52. The molecule has 1 aromatic heterocycles. The Labute approximate surface area is 121 Å². The highest BCUT2D eigenvalue weighted by atomic mass is 16.1. The summed E-state index contributed by atoms with van der Waals surface area (Å²) in [5, 5.41) is 0. The van der Waals surface area contributed by atoms with E-state index in [9.17, 15) is 9.59 Å². The van der Waals surface area contributed by atoms with Crippen LogP contribution in [-0.4, -0.2) is 15.8 Å². The van der Waals surface area contributed by atoms with Crippen LogP contribution >= 0.6 is 0 Å². The molecule has 21 heavy (non-hydrogen) atoms. The third-order valence-electron chi connectivity index (χ3n) is 3.84. The van der Waals surface area contributed by atoms with Crippen LogP contribution in [0.15, 0.2) is 53.3 Å². The second kappa shape index (κ2) is 4.74. The lowest BCUT2D eigenvalue weighted by Crippen LogP contribution is -2.29. The molecule has 0 saturated carbocycles. The number of Topliss-reactive ketones (excluding diaryl/α,β-unsaturated/α-hetero) is 1. The fraction of sp³-hybridized carbons (Fsp3) is 0.176. The van der Waals surface area contributed by atoms with E-state index >= 15 is 0 Å². The number of carbonyl (C=O) groups excluding carboxylic acids is 1. The Hall–Kier alpha value is -2.62. The average Bonchev–Trinajstić information content (AvgIpc) is 2.86. The van der Waals surface area contributed by atoms with E-state index in [1.54, 1.807) is 18.2 Å². The molecule has 3 rings (SSSR count). The Kier molecular flexibility index (Phi) is 3.01. The topological polar surface area (TPSA) is 65.7 Å². The first-order chi connectivity index (χ1) is 9.98. The summed E-state index contributed by atoms with van der Waals surface area (Å²) in [5.41, 5.74) is 2.02. The Morgan fingerprint density at radius 2 is 1.62 bits per heavy atom. The molecular weight excluding hydrogens is 264 g/mol. The summed E-state index contributed by atoms with van der Waals surface area (Å²) in [5.74, 6) is 0.0256. The van der Waals surface area contributed by atoms with Crippen LogP contribution in [0.5, 0.6) is 0 Å². The van der Waals surface area contributed by atoms with Crippen LogP contribution in [-0.2, 0) is 5.41 Å². The quantitative estimate of drug-likeness (QED) is 0.724. The first-order valence-corrected chi connectivity index (χ1v) is 6.81. The van der Waals surface area contributed by atoms with Crippen molar-refractivity contribution in [1.82, 2.24) is 9.97 Å². The predicted molar refractivity (Wildman–Crippen MR) is 82.7 cm³/mol. The zero-order valence-electron chi connectivity index (χ0n) is 11.9. The zero-order chi connectivity index (χ0) is 15.0. The van der Waals surface area contributed by atoms with E-state index in [0.29, 0.717) is 16.6 Å². The van der Waals surface area contributed by atoms with Crippen LogP contribution in [0.25, 0.3) is 11.0 Å². The summed E-state index contributed by atoms with van der Waals surface area (Å²) in [7, 11) is 0. The molecule has 0 saturated heterocycles. The minimum absolute atomic E-state index is 0.0256. The van der Waals surface area contributed by atoms with Crippen molar-refractivity contribution in [2.45, 2.75) is 19.3 Å². The monoisotopic (exact) mass is 280 g/mol. The normalized spacial score (nSPS) is 11.7. The van der Waals surface area contributed by atoms with Crippen LogP contribution in [0.3, 0.4) is 0 Å². The SMILES string of the molecule is CC(C)(C(=O)c1ccc2[nH]c(=O)[nH]c2c1)c1ccccc1. The lowest BCUT2D eigenvalue weighted by molar-refractivity contribution is 0.0909. The molecule has 0 aliphatic rings. The van der Waals surface area contributed by atoms with Crippen molar-refractivity contribution < 1.29 is 4.79 Å². The van der Waals surface area contributed by atoms with Gasteiger partial charge in [-0.1, -0.05) is 30.3 Å². The van der Waals surface area contributed by atoms with Gasteiger partial charge in [-0.25, -0.2) is 4.79 Å². The zero-order valence-corrected chi connectivity index (χ0v) is 11.9. The molecule has 0 atom stereocenters. The first kappa shape index (κ1) is 13.4. The van der Waals surface area contributed by atoms with Gasteiger partial charge in [0.2, 0.25) is 0 Å². The number of benzene rings is 2. The number of aromatic amines is 2. The van der Waals surface area contributed by atoms with Gasteiger partial charge in [0.1, 0.15) is 0 Å². The van der Waals surface area contributed by atoms with Gasteiger partial charge in [0.25, 0.3) is 0 Å². The fourth-order valence-corrected chi connectivity index (χ4v) is 2.52. The van der Waals surface area contributed by atoms with Crippen LogP contribution in [0.4, 0.5) is 0 Å². The summed E-state index contributed by atoms with van der Waals surface area (Å²) in [4.78, 5) is 29.5. The Bertz CT molecular complexity index is 857. The van der Waals surface area contributed by atoms with Crippen molar-refractivity contribution in [2.24, 2.45) is 0 Å². The number of ketones is 1. The highest BCUT2D eigenvalue weighted by Crippen LogP contribution is 2.28. The maximum atomic E-state index is 12.8. The smallest absolute Gasteiger partial charge is 0.306 e. The molecule has 2 N–H and O–H groups in total. The number of hydrogen-bond donors (Lipinski definition) is 2. The molecule has 0 bridgehead atoms. The van der Waals surface area contributed by atoms with E-state index in [0.717, 1.165) is 5.56 Å². The van der Waals surface area contributed by atoms with Crippen molar-refractivity contribution in [3.63, 3.8) is 0 Å². The van der Waals surface area contributed by atoms with Crippen molar-refractivity contribution in [3.8, 4) is 0 Å². The minimum Gasteiger partial charge on any atom is -0.306 e. The number of imidazole rings is 1. The molecular formula is C17H16N2O2. The third-order valence-corrected chi connectivity index (χ3v) is 3.84.